The molecular formula is C15H19F2NO4. The number of alkyl halides is 2. The quantitative estimate of drug-likeness (QED) is 0.748. The van der Waals surface area contributed by atoms with E-state index in [1.54, 1.807) is 6.07 Å². The van der Waals surface area contributed by atoms with Gasteiger partial charge in [0.15, 0.2) is 6.61 Å². The molecular weight excluding hydrogens is 296 g/mol. The third-order valence-electron chi connectivity index (χ3n) is 3.04. The second kappa shape index (κ2) is 8.96. The van der Waals surface area contributed by atoms with E-state index >= 15 is 0 Å². The first-order chi connectivity index (χ1) is 10.5. The summed E-state index contributed by atoms with van der Waals surface area (Å²) in [7, 11) is 0. The summed E-state index contributed by atoms with van der Waals surface area (Å²) in [5, 5.41) is 2.37. The van der Waals surface area contributed by atoms with E-state index < -0.39 is 25.1 Å². The van der Waals surface area contributed by atoms with Crippen molar-refractivity contribution in [3.63, 3.8) is 0 Å². The largest absolute Gasteiger partial charge is 0.455 e. The molecule has 1 rings (SSSR count). The predicted molar refractivity (Wildman–Crippen MR) is 76.7 cm³/mol. The van der Waals surface area contributed by atoms with Crippen LogP contribution >= 0.6 is 0 Å². The molecule has 0 radical (unpaired) electrons. The zero-order valence-electron chi connectivity index (χ0n) is 12.5. The fraction of sp³-hybridized carbons (Fsp3) is 0.467. The number of carbonyl (C=O) groups is 2. The topological polar surface area (TPSA) is 64.6 Å². The van der Waals surface area contributed by atoms with Crippen LogP contribution in [0.1, 0.15) is 26.7 Å². The number of anilines is 1. The molecule has 0 heterocycles. The van der Waals surface area contributed by atoms with Gasteiger partial charge in [0.2, 0.25) is 0 Å². The average molecular weight is 315 g/mol. The van der Waals surface area contributed by atoms with Crippen LogP contribution in [0.2, 0.25) is 0 Å². The maximum atomic E-state index is 12.3. The maximum absolute atomic E-state index is 12.3. The molecule has 122 valence electrons. The van der Waals surface area contributed by atoms with Crippen molar-refractivity contribution in [1.29, 1.82) is 0 Å². The van der Waals surface area contributed by atoms with Gasteiger partial charge in [0, 0.05) is 0 Å². The summed E-state index contributed by atoms with van der Waals surface area (Å²) in [6, 6.07) is 5.78. The fourth-order valence-electron chi connectivity index (χ4n) is 1.83. The van der Waals surface area contributed by atoms with Crippen molar-refractivity contribution in [2.75, 3.05) is 11.9 Å². The van der Waals surface area contributed by atoms with Crippen LogP contribution in [0.4, 0.5) is 14.5 Å². The highest BCUT2D eigenvalue weighted by molar-refractivity contribution is 5.94. The SMILES string of the molecule is CCC(CC)C(=O)OCC(=O)Nc1ccccc1OC(F)F. The molecule has 0 aromatic heterocycles. The minimum atomic E-state index is -2.99. The van der Waals surface area contributed by atoms with Crippen LogP contribution < -0.4 is 10.1 Å². The zero-order valence-corrected chi connectivity index (χ0v) is 12.5. The van der Waals surface area contributed by atoms with Crippen molar-refractivity contribution in [2.45, 2.75) is 33.3 Å². The lowest BCUT2D eigenvalue weighted by atomic mass is 10.0. The van der Waals surface area contributed by atoms with Gasteiger partial charge in [-0.1, -0.05) is 26.0 Å². The Morgan fingerprint density at radius 3 is 2.41 bits per heavy atom. The molecule has 1 N–H and O–H groups in total. The van der Waals surface area contributed by atoms with E-state index in [-0.39, 0.29) is 17.4 Å². The number of esters is 1. The van der Waals surface area contributed by atoms with Gasteiger partial charge in [-0.3, -0.25) is 9.59 Å². The van der Waals surface area contributed by atoms with Crippen molar-refractivity contribution in [3.05, 3.63) is 24.3 Å². The predicted octanol–water partition coefficient (Wildman–Crippen LogP) is 3.21. The van der Waals surface area contributed by atoms with Crippen LogP contribution in [0.25, 0.3) is 0 Å². The van der Waals surface area contributed by atoms with Gasteiger partial charge in [0.05, 0.1) is 11.6 Å². The van der Waals surface area contributed by atoms with Crippen molar-refractivity contribution in [1.82, 2.24) is 0 Å². The summed E-state index contributed by atoms with van der Waals surface area (Å²) in [6.07, 6.45) is 1.25. The minimum absolute atomic E-state index is 0.0892. The van der Waals surface area contributed by atoms with Crippen LogP contribution in [0.5, 0.6) is 5.75 Å². The number of para-hydroxylation sites is 2. The number of benzene rings is 1. The smallest absolute Gasteiger partial charge is 0.387 e. The summed E-state index contributed by atoms with van der Waals surface area (Å²) in [5.41, 5.74) is 0.0892. The average Bonchev–Trinajstić information content (AvgIpc) is 2.48. The molecule has 22 heavy (non-hydrogen) atoms. The zero-order chi connectivity index (χ0) is 16.5. The normalized spacial score (nSPS) is 10.6. The standard InChI is InChI=1S/C15H19F2NO4/c1-3-10(4-2)14(20)21-9-13(19)18-11-7-5-6-8-12(11)22-15(16)17/h5-8,10,15H,3-4,9H2,1-2H3,(H,18,19). The Hall–Kier alpha value is -2.18. The monoisotopic (exact) mass is 315 g/mol. The molecule has 1 aromatic rings. The number of amides is 1. The third kappa shape index (κ3) is 5.67. The summed E-state index contributed by atoms with van der Waals surface area (Å²) >= 11 is 0. The molecule has 0 fully saturated rings. The van der Waals surface area contributed by atoms with E-state index in [9.17, 15) is 18.4 Å². The van der Waals surface area contributed by atoms with E-state index in [1.807, 2.05) is 13.8 Å². The highest BCUT2D eigenvalue weighted by Crippen LogP contribution is 2.25. The number of halogens is 2. The van der Waals surface area contributed by atoms with Crippen LogP contribution in [-0.2, 0) is 14.3 Å². The van der Waals surface area contributed by atoms with Gasteiger partial charge in [0.25, 0.3) is 5.91 Å². The van der Waals surface area contributed by atoms with Crippen LogP contribution in [-0.4, -0.2) is 25.1 Å². The molecule has 0 spiro atoms. The van der Waals surface area contributed by atoms with E-state index in [4.69, 9.17) is 4.74 Å². The molecule has 0 saturated carbocycles. The molecule has 7 heteroatoms. The fourth-order valence-corrected chi connectivity index (χ4v) is 1.83. The number of carbonyl (C=O) groups excluding carboxylic acids is 2. The highest BCUT2D eigenvalue weighted by Gasteiger charge is 2.17. The van der Waals surface area contributed by atoms with Gasteiger partial charge >= 0.3 is 12.6 Å². The number of hydrogen-bond donors (Lipinski definition) is 1. The molecule has 0 aliphatic rings. The Kier molecular flexibility index (Phi) is 7.28. The second-order valence-electron chi connectivity index (χ2n) is 4.54. The summed E-state index contributed by atoms with van der Waals surface area (Å²) in [6.45, 7) is 0.241. The maximum Gasteiger partial charge on any atom is 0.387 e. The van der Waals surface area contributed by atoms with E-state index in [1.165, 1.54) is 18.2 Å². The van der Waals surface area contributed by atoms with Crippen LogP contribution in [0.15, 0.2) is 24.3 Å². The molecule has 0 aliphatic heterocycles. The van der Waals surface area contributed by atoms with Gasteiger partial charge in [-0.05, 0) is 25.0 Å². The van der Waals surface area contributed by atoms with Crippen LogP contribution in [0, 0.1) is 5.92 Å². The lowest BCUT2D eigenvalue weighted by molar-refractivity contribution is -0.151. The first-order valence-corrected chi connectivity index (χ1v) is 6.98. The summed E-state index contributed by atoms with van der Waals surface area (Å²) in [5.74, 6) is -1.47. The minimum Gasteiger partial charge on any atom is -0.455 e. The number of hydrogen-bond acceptors (Lipinski definition) is 4. The summed E-state index contributed by atoms with van der Waals surface area (Å²) in [4.78, 5) is 23.4. The van der Waals surface area contributed by atoms with E-state index in [2.05, 4.69) is 10.1 Å². The van der Waals surface area contributed by atoms with Gasteiger partial charge in [-0.25, -0.2) is 0 Å². The van der Waals surface area contributed by atoms with Gasteiger partial charge in [-0.2, -0.15) is 8.78 Å². The Bertz CT molecular complexity index is 504. The Labute approximate surface area is 127 Å². The molecule has 0 atom stereocenters. The Morgan fingerprint density at radius 2 is 1.82 bits per heavy atom. The van der Waals surface area contributed by atoms with Crippen molar-refractivity contribution < 1.29 is 27.8 Å². The highest BCUT2D eigenvalue weighted by atomic mass is 19.3. The van der Waals surface area contributed by atoms with Gasteiger partial charge in [0.1, 0.15) is 5.75 Å². The molecule has 1 aromatic carbocycles. The van der Waals surface area contributed by atoms with Gasteiger partial charge < -0.3 is 14.8 Å². The Morgan fingerprint density at radius 1 is 1.18 bits per heavy atom. The number of nitrogens with one attached hydrogen (secondary N) is 1. The van der Waals surface area contributed by atoms with Crippen LogP contribution in [0.3, 0.4) is 0 Å². The number of ether oxygens (including phenoxy) is 2. The number of rotatable bonds is 8. The Balaban J connectivity index is 2.57. The first-order valence-electron chi connectivity index (χ1n) is 6.98. The molecule has 0 saturated heterocycles. The third-order valence-corrected chi connectivity index (χ3v) is 3.04. The van der Waals surface area contributed by atoms with E-state index in [0.717, 1.165) is 0 Å². The first kappa shape index (κ1) is 17.9. The molecule has 0 aliphatic carbocycles. The lowest BCUT2D eigenvalue weighted by Gasteiger charge is -2.13. The van der Waals surface area contributed by atoms with E-state index in [0.29, 0.717) is 12.8 Å². The molecule has 0 unspecified atom stereocenters. The summed E-state index contributed by atoms with van der Waals surface area (Å²) < 4.78 is 33.7. The second-order valence-corrected chi connectivity index (χ2v) is 4.54. The molecule has 0 bridgehead atoms. The lowest BCUT2D eigenvalue weighted by Crippen LogP contribution is -2.24. The molecule has 1 amide bonds. The molecule has 5 nitrogen and oxygen atoms in total. The van der Waals surface area contributed by atoms with Crippen molar-refractivity contribution in [3.8, 4) is 5.75 Å². The van der Waals surface area contributed by atoms with Crippen molar-refractivity contribution in [2.24, 2.45) is 5.92 Å². The van der Waals surface area contributed by atoms with Gasteiger partial charge in [-0.15, -0.1) is 0 Å². The van der Waals surface area contributed by atoms with Crippen molar-refractivity contribution >= 4 is 17.6 Å².